The Bertz CT molecular complexity index is 841. The minimum absolute atomic E-state index is 0.0417. The van der Waals surface area contributed by atoms with E-state index in [-0.39, 0.29) is 29.3 Å². The summed E-state index contributed by atoms with van der Waals surface area (Å²) in [6, 6.07) is 2.28. The van der Waals surface area contributed by atoms with Gasteiger partial charge in [0.15, 0.2) is 0 Å². The Hall–Kier alpha value is -1.97. The number of rotatable bonds is 7. The number of esters is 1. The maximum atomic E-state index is 13.3. The third kappa shape index (κ3) is 4.06. The summed E-state index contributed by atoms with van der Waals surface area (Å²) in [5.74, 6) is -0.427. The molecule has 0 N–H and O–H groups in total. The molecule has 0 radical (unpaired) electrons. The van der Waals surface area contributed by atoms with Gasteiger partial charge in [-0.1, -0.05) is 6.08 Å². The molecule has 2 aliphatic heterocycles. The lowest BCUT2D eigenvalue weighted by Crippen LogP contribution is -2.41. The smallest absolute Gasteiger partial charge is 0.324 e. The number of aromatic nitrogens is 1. The molecule has 1 aromatic heterocycles. The maximum absolute atomic E-state index is 13.3. The molecule has 0 bridgehead atoms. The Labute approximate surface area is 165 Å². The summed E-state index contributed by atoms with van der Waals surface area (Å²) in [5, 5.41) is 0. The summed E-state index contributed by atoms with van der Waals surface area (Å²) in [4.78, 5) is 16.3. The van der Waals surface area contributed by atoms with Gasteiger partial charge >= 0.3 is 5.97 Å². The molecule has 2 aliphatic rings. The van der Waals surface area contributed by atoms with Crippen molar-refractivity contribution in [3.05, 3.63) is 30.5 Å². The number of carbonyl (C=O) groups is 1. The van der Waals surface area contributed by atoms with Crippen molar-refractivity contribution in [2.75, 3.05) is 26.9 Å². The third-order valence-corrected chi connectivity index (χ3v) is 7.02. The van der Waals surface area contributed by atoms with Gasteiger partial charge in [0.25, 0.3) is 0 Å². The average molecular weight is 410 g/mol. The number of carbonyl (C=O) groups excluding carboxylic acids is 1. The quantitative estimate of drug-likeness (QED) is 0.499. The number of hydrogen-bond donors (Lipinski definition) is 0. The summed E-state index contributed by atoms with van der Waals surface area (Å²) < 4.78 is 44.1. The molecular weight excluding hydrogens is 384 g/mol. The number of allylic oxidation sites excluding steroid dienone is 1. The van der Waals surface area contributed by atoms with Gasteiger partial charge in [0, 0.05) is 18.2 Å². The second-order valence-corrected chi connectivity index (χ2v) is 8.89. The Morgan fingerprint density at radius 3 is 2.93 bits per heavy atom. The van der Waals surface area contributed by atoms with Crippen LogP contribution >= 0.6 is 0 Å². The first-order valence-corrected chi connectivity index (χ1v) is 10.7. The lowest BCUT2D eigenvalue weighted by atomic mass is 10.0. The third-order valence-electron chi connectivity index (χ3n) is 5.10. The largest absolute Gasteiger partial charge is 0.471 e. The highest BCUT2D eigenvalue weighted by molar-refractivity contribution is 7.89. The van der Waals surface area contributed by atoms with E-state index in [1.54, 1.807) is 19.1 Å². The lowest BCUT2D eigenvalue weighted by Gasteiger charge is -2.24. The van der Waals surface area contributed by atoms with Crippen LogP contribution in [-0.4, -0.2) is 62.7 Å². The van der Waals surface area contributed by atoms with Gasteiger partial charge in [0.2, 0.25) is 15.9 Å². The second-order valence-electron chi connectivity index (χ2n) is 7.03. The Balaban J connectivity index is 1.93. The Morgan fingerprint density at radius 2 is 2.21 bits per heavy atom. The SMILES string of the molecule is C=CC[C@@H]1COC[C@@H]1Oc1nc(C)ccc1S(=O)(=O)N1CCC[C@H]1C(=O)OC. The van der Waals surface area contributed by atoms with Gasteiger partial charge in [0.1, 0.15) is 17.0 Å². The van der Waals surface area contributed by atoms with Crippen LogP contribution in [0.5, 0.6) is 5.88 Å². The number of pyridine rings is 1. The van der Waals surface area contributed by atoms with Crippen LogP contribution in [0.1, 0.15) is 25.0 Å². The minimum Gasteiger partial charge on any atom is -0.471 e. The van der Waals surface area contributed by atoms with Gasteiger partial charge < -0.3 is 14.2 Å². The lowest BCUT2D eigenvalue weighted by molar-refractivity contribution is -0.144. The number of sulfonamides is 1. The van der Waals surface area contributed by atoms with E-state index < -0.39 is 22.0 Å². The fraction of sp³-hybridized carbons (Fsp3) is 0.579. The fourth-order valence-corrected chi connectivity index (χ4v) is 5.32. The van der Waals surface area contributed by atoms with Crippen molar-refractivity contribution in [2.24, 2.45) is 5.92 Å². The predicted molar refractivity (Wildman–Crippen MR) is 101 cm³/mol. The number of nitrogens with zero attached hydrogens (tertiary/aromatic N) is 2. The van der Waals surface area contributed by atoms with Crippen molar-refractivity contribution < 1.29 is 27.4 Å². The maximum Gasteiger partial charge on any atom is 0.324 e. The predicted octanol–water partition coefficient (Wildman–Crippen LogP) is 1.69. The summed E-state index contributed by atoms with van der Waals surface area (Å²) in [5.41, 5.74) is 0.638. The van der Waals surface area contributed by atoms with Crippen LogP contribution in [0.2, 0.25) is 0 Å². The van der Waals surface area contributed by atoms with Gasteiger partial charge in [-0.2, -0.15) is 4.31 Å². The zero-order chi connectivity index (χ0) is 20.3. The van der Waals surface area contributed by atoms with Crippen LogP contribution in [-0.2, 0) is 24.3 Å². The van der Waals surface area contributed by atoms with Gasteiger partial charge in [-0.25, -0.2) is 13.4 Å². The van der Waals surface area contributed by atoms with E-state index in [9.17, 15) is 13.2 Å². The summed E-state index contributed by atoms with van der Waals surface area (Å²) >= 11 is 0. The van der Waals surface area contributed by atoms with Gasteiger partial charge in [-0.05, 0) is 38.3 Å². The molecule has 0 amide bonds. The van der Waals surface area contributed by atoms with Crippen LogP contribution in [0, 0.1) is 12.8 Å². The number of methoxy groups -OCH3 is 1. The monoisotopic (exact) mass is 410 g/mol. The highest BCUT2D eigenvalue weighted by Gasteiger charge is 2.42. The zero-order valence-electron chi connectivity index (χ0n) is 16.2. The Morgan fingerprint density at radius 1 is 1.43 bits per heavy atom. The van der Waals surface area contributed by atoms with Gasteiger partial charge in [0.05, 0.1) is 20.3 Å². The topological polar surface area (TPSA) is 95.0 Å². The van der Waals surface area contributed by atoms with E-state index >= 15 is 0 Å². The van der Waals surface area contributed by atoms with Crippen molar-refractivity contribution in [3.63, 3.8) is 0 Å². The van der Waals surface area contributed by atoms with E-state index in [0.29, 0.717) is 38.2 Å². The summed E-state index contributed by atoms with van der Waals surface area (Å²) in [6.07, 6.45) is 3.21. The first-order chi connectivity index (χ1) is 13.4. The van der Waals surface area contributed by atoms with Crippen LogP contribution in [0.15, 0.2) is 29.7 Å². The normalized spacial score (nSPS) is 25.6. The first-order valence-electron chi connectivity index (χ1n) is 9.31. The number of aryl methyl sites for hydroxylation is 1. The van der Waals surface area contributed by atoms with E-state index in [0.717, 1.165) is 0 Å². The molecule has 9 heteroatoms. The highest BCUT2D eigenvalue weighted by atomic mass is 32.2. The van der Waals surface area contributed by atoms with E-state index in [1.165, 1.54) is 17.5 Å². The molecule has 0 aliphatic carbocycles. The van der Waals surface area contributed by atoms with Crippen LogP contribution in [0.4, 0.5) is 0 Å². The van der Waals surface area contributed by atoms with Crippen molar-refractivity contribution in [1.29, 1.82) is 0 Å². The molecule has 154 valence electrons. The number of ether oxygens (including phenoxy) is 3. The van der Waals surface area contributed by atoms with Crippen LogP contribution in [0.3, 0.4) is 0 Å². The van der Waals surface area contributed by atoms with E-state index in [4.69, 9.17) is 14.2 Å². The van der Waals surface area contributed by atoms with Gasteiger partial charge in [-0.3, -0.25) is 4.79 Å². The minimum atomic E-state index is -3.98. The second kappa shape index (κ2) is 8.59. The summed E-state index contributed by atoms with van der Waals surface area (Å²) in [6.45, 7) is 6.66. The molecule has 0 spiro atoms. The number of hydrogen-bond acceptors (Lipinski definition) is 7. The van der Waals surface area contributed by atoms with Crippen LogP contribution < -0.4 is 4.74 Å². The molecule has 0 aromatic carbocycles. The molecule has 2 saturated heterocycles. The molecule has 0 saturated carbocycles. The zero-order valence-corrected chi connectivity index (χ0v) is 17.0. The standard InChI is InChI=1S/C19H26N2O6S/c1-4-6-14-11-26-12-16(14)27-18-17(9-8-13(2)20-18)28(23,24)21-10-5-7-15(21)19(22)25-3/h4,8-9,14-16H,1,5-7,10-12H2,2-3H3/t14-,15+,16+/m1/s1. The molecule has 0 unspecified atom stereocenters. The molecule has 3 atom stereocenters. The molecule has 28 heavy (non-hydrogen) atoms. The van der Waals surface area contributed by atoms with Crippen molar-refractivity contribution in [2.45, 2.75) is 43.2 Å². The van der Waals surface area contributed by atoms with E-state index in [1.807, 2.05) is 0 Å². The molecular formula is C19H26N2O6S. The molecule has 2 fully saturated rings. The van der Waals surface area contributed by atoms with Crippen molar-refractivity contribution in [1.82, 2.24) is 9.29 Å². The van der Waals surface area contributed by atoms with Crippen molar-refractivity contribution in [3.8, 4) is 5.88 Å². The molecule has 1 aromatic rings. The van der Waals surface area contributed by atoms with Crippen LogP contribution in [0.25, 0.3) is 0 Å². The average Bonchev–Trinajstić information content (AvgIpc) is 3.31. The molecule has 8 nitrogen and oxygen atoms in total. The fourth-order valence-electron chi connectivity index (χ4n) is 3.61. The first kappa shape index (κ1) is 20.8. The van der Waals surface area contributed by atoms with Crippen molar-refractivity contribution >= 4 is 16.0 Å². The molecule has 3 heterocycles. The Kier molecular flexibility index (Phi) is 6.36. The van der Waals surface area contributed by atoms with E-state index in [2.05, 4.69) is 11.6 Å². The van der Waals surface area contributed by atoms with Gasteiger partial charge in [-0.15, -0.1) is 6.58 Å². The summed E-state index contributed by atoms with van der Waals surface area (Å²) in [7, 11) is -2.72. The molecule has 3 rings (SSSR count). The highest BCUT2D eigenvalue weighted by Crippen LogP contribution is 2.33.